The van der Waals surface area contributed by atoms with Crippen LogP contribution in [0.2, 0.25) is 5.02 Å². The summed E-state index contributed by atoms with van der Waals surface area (Å²) < 4.78 is 43.3. The average Bonchev–Trinajstić information content (AvgIpc) is 3.66. The van der Waals surface area contributed by atoms with Crippen molar-refractivity contribution in [2.24, 2.45) is 0 Å². The molecule has 1 aliphatic rings. The number of hydrogen-bond donors (Lipinski definition) is 2. The lowest BCUT2D eigenvalue weighted by molar-refractivity contribution is 0.480. The molecule has 0 aliphatic heterocycles. The van der Waals surface area contributed by atoms with Crippen LogP contribution in [0.3, 0.4) is 0 Å². The molecule has 0 bridgehead atoms. The zero-order valence-corrected chi connectivity index (χ0v) is 20.8. The predicted octanol–water partition coefficient (Wildman–Crippen LogP) is 6.44. The molecule has 8 nitrogen and oxygen atoms in total. The van der Waals surface area contributed by atoms with Gasteiger partial charge in [-0.15, -0.1) is 5.10 Å². The minimum Gasteiger partial charge on any atom is -0.371 e. The Morgan fingerprint density at radius 1 is 1.08 bits per heavy atom. The molecule has 12 heteroatoms. The molecule has 0 unspecified atom stereocenters. The Kier molecular flexibility index (Phi) is 6.24. The maximum Gasteiger partial charge on any atom is 0.249 e. The van der Waals surface area contributed by atoms with Crippen molar-refractivity contribution >= 4 is 39.6 Å². The summed E-state index contributed by atoms with van der Waals surface area (Å²) in [4.78, 5) is 7.87. The number of anilines is 3. The highest BCUT2D eigenvalue weighted by Gasteiger charge is 2.27. The summed E-state index contributed by atoms with van der Waals surface area (Å²) in [5.74, 6) is -2.79. The summed E-state index contributed by atoms with van der Waals surface area (Å²) in [5.41, 5.74) is 2.63. The molecule has 1 fully saturated rings. The van der Waals surface area contributed by atoms with E-state index in [1.165, 1.54) is 18.3 Å². The maximum absolute atomic E-state index is 14.2. The van der Waals surface area contributed by atoms with Crippen LogP contribution in [0.5, 0.6) is 0 Å². The number of nitriles is 1. The number of benzene rings is 2. The van der Waals surface area contributed by atoms with Crippen molar-refractivity contribution in [3.8, 4) is 6.07 Å². The second-order valence-electron chi connectivity index (χ2n) is 9.12. The number of nitrogens with zero attached hydrogens (tertiary/aromatic N) is 6. The summed E-state index contributed by atoms with van der Waals surface area (Å²) in [6.07, 6.45) is 6.34. The fraction of sp³-hybridized carbons (Fsp3) is 0.148. The molecular weight excluding hydrogens is 529 g/mol. The van der Waals surface area contributed by atoms with E-state index in [0.29, 0.717) is 38.9 Å². The van der Waals surface area contributed by atoms with E-state index in [4.69, 9.17) is 11.6 Å². The third-order valence-electron chi connectivity index (χ3n) is 6.35. The molecule has 2 aromatic carbocycles. The highest BCUT2D eigenvalue weighted by atomic mass is 35.5. The topological polar surface area (TPSA) is 104 Å². The van der Waals surface area contributed by atoms with Gasteiger partial charge in [0.25, 0.3) is 0 Å². The van der Waals surface area contributed by atoms with Crippen LogP contribution in [-0.4, -0.2) is 25.0 Å². The molecule has 6 rings (SSSR count). The fourth-order valence-corrected chi connectivity index (χ4v) is 4.56. The lowest BCUT2D eigenvalue weighted by Gasteiger charge is -2.21. The molecule has 0 amide bonds. The highest BCUT2D eigenvalue weighted by molar-refractivity contribution is 6.32. The van der Waals surface area contributed by atoms with Gasteiger partial charge in [-0.25, -0.2) is 18.4 Å². The molecule has 1 atom stereocenters. The van der Waals surface area contributed by atoms with E-state index < -0.39 is 23.6 Å². The normalized spacial score (nSPS) is 13.7. The van der Waals surface area contributed by atoms with Crippen molar-refractivity contribution in [2.75, 3.05) is 10.6 Å². The second-order valence-corrected chi connectivity index (χ2v) is 9.55. The van der Waals surface area contributed by atoms with Crippen LogP contribution < -0.4 is 10.6 Å². The molecule has 3 aromatic heterocycles. The van der Waals surface area contributed by atoms with Crippen LogP contribution in [0, 0.1) is 28.9 Å². The third kappa shape index (κ3) is 4.94. The Bertz CT molecular complexity index is 1760. The van der Waals surface area contributed by atoms with Gasteiger partial charge in [-0.05, 0) is 42.7 Å². The largest absolute Gasteiger partial charge is 0.371 e. The summed E-state index contributed by atoms with van der Waals surface area (Å²) in [6, 6.07) is 12.1. The van der Waals surface area contributed by atoms with E-state index in [0.717, 1.165) is 25.1 Å². The second kappa shape index (κ2) is 9.89. The van der Waals surface area contributed by atoms with Crippen LogP contribution in [-0.2, 0) is 0 Å². The zero-order chi connectivity index (χ0) is 27.1. The Labute approximate surface area is 225 Å². The summed E-state index contributed by atoms with van der Waals surface area (Å²) in [5, 5.41) is 25.4. The summed E-state index contributed by atoms with van der Waals surface area (Å²) in [6.45, 7) is 0. The lowest BCUT2D eigenvalue weighted by atomic mass is 10.0. The summed E-state index contributed by atoms with van der Waals surface area (Å²) >= 11 is 6.50. The maximum atomic E-state index is 14.2. The van der Waals surface area contributed by atoms with Gasteiger partial charge in [-0.3, -0.25) is 4.98 Å². The standard InChI is InChI=1S/C27H18ClF3N8/c28-16-7-20-24(35-18-9-21(30)27(31)34-12-18)15(10-32)11-33-26(20)22(8-16)36-25(14-2-1-3-17(29)6-14)23-13-39(38-37-23)19-4-5-19/h1-3,6-9,11-13,19,25,36H,4-5H2,(H,33,35)/t25-/m0/s1. The van der Waals surface area contributed by atoms with Crippen molar-refractivity contribution < 1.29 is 13.2 Å². The van der Waals surface area contributed by atoms with Gasteiger partial charge < -0.3 is 10.6 Å². The van der Waals surface area contributed by atoms with Crippen LogP contribution in [0.1, 0.15) is 41.7 Å². The van der Waals surface area contributed by atoms with Crippen LogP contribution in [0.25, 0.3) is 10.9 Å². The van der Waals surface area contributed by atoms with Crippen molar-refractivity contribution in [3.63, 3.8) is 0 Å². The number of halogens is 4. The van der Waals surface area contributed by atoms with E-state index in [1.54, 1.807) is 28.9 Å². The van der Waals surface area contributed by atoms with Gasteiger partial charge in [-0.2, -0.15) is 9.65 Å². The Morgan fingerprint density at radius 3 is 2.67 bits per heavy atom. The minimum absolute atomic E-state index is 0.127. The number of aromatic nitrogens is 5. The molecule has 39 heavy (non-hydrogen) atoms. The van der Waals surface area contributed by atoms with Gasteiger partial charge in [0.15, 0.2) is 5.82 Å². The van der Waals surface area contributed by atoms with Crippen LogP contribution >= 0.6 is 11.6 Å². The van der Waals surface area contributed by atoms with Gasteiger partial charge in [0.2, 0.25) is 5.95 Å². The Balaban J connectivity index is 1.46. The number of pyridine rings is 2. The molecule has 0 radical (unpaired) electrons. The molecule has 1 saturated carbocycles. The molecule has 2 N–H and O–H groups in total. The first-order chi connectivity index (χ1) is 18.9. The SMILES string of the molecule is N#Cc1cnc2c(N[C@@H](c3cccc(F)c3)c3cn(C4CC4)nn3)cc(Cl)cc2c1Nc1cnc(F)c(F)c1. The highest BCUT2D eigenvalue weighted by Crippen LogP contribution is 2.38. The lowest BCUT2D eigenvalue weighted by Crippen LogP contribution is -2.14. The molecule has 5 aromatic rings. The van der Waals surface area contributed by atoms with Crippen molar-refractivity contribution in [2.45, 2.75) is 24.9 Å². The predicted molar refractivity (Wildman–Crippen MR) is 139 cm³/mol. The van der Waals surface area contributed by atoms with Gasteiger partial charge >= 0.3 is 0 Å². The van der Waals surface area contributed by atoms with E-state index >= 15 is 0 Å². The minimum atomic E-state index is -1.24. The van der Waals surface area contributed by atoms with Crippen LogP contribution in [0.15, 0.2) is 61.1 Å². The van der Waals surface area contributed by atoms with Gasteiger partial charge in [-0.1, -0.05) is 28.9 Å². The Hall–Kier alpha value is -4.69. The van der Waals surface area contributed by atoms with E-state index in [1.807, 2.05) is 6.20 Å². The molecule has 3 heterocycles. The first kappa shape index (κ1) is 24.6. The monoisotopic (exact) mass is 546 g/mol. The zero-order valence-electron chi connectivity index (χ0n) is 20.0. The number of nitrogens with one attached hydrogen (secondary N) is 2. The number of hydrogen-bond acceptors (Lipinski definition) is 7. The van der Waals surface area contributed by atoms with Gasteiger partial charge in [0.05, 0.1) is 52.6 Å². The molecule has 1 aliphatic carbocycles. The molecule has 194 valence electrons. The molecule has 0 spiro atoms. The number of rotatable bonds is 7. The molecule has 0 saturated heterocycles. The first-order valence-corrected chi connectivity index (χ1v) is 12.3. The molecular formula is C27H18ClF3N8. The fourth-order valence-electron chi connectivity index (χ4n) is 4.34. The summed E-state index contributed by atoms with van der Waals surface area (Å²) in [7, 11) is 0. The van der Waals surface area contributed by atoms with Crippen LogP contribution in [0.4, 0.5) is 30.2 Å². The van der Waals surface area contributed by atoms with Gasteiger partial charge in [0, 0.05) is 22.7 Å². The van der Waals surface area contributed by atoms with Crippen molar-refractivity contribution in [1.82, 2.24) is 25.0 Å². The Morgan fingerprint density at radius 2 is 1.92 bits per heavy atom. The van der Waals surface area contributed by atoms with Crippen molar-refractivity contribution in [1.29, 1.82) is 5.26 Å². The van der Waals surface area contributed by atoms with E-state index in [2.05, 4.69) is 37.0 Å². The van der Waals surface area contributed by atoms with Crippen molar-refractivity contribution in [3.05, 3.63) is 100 Å². The van der Waals surface area contributed by atoms with Gasteiger partial charge in [0.1, 0.15) is 17.6 Å². The number of fused-ring (bicyclic) bond motifs is 1. The van der Waals surface area contributed by atoms with E-state index in [-0.39, 0.29) is 16.9 Å². The van der Waals surface area contributed by atoms with E-state index in [9.17, 15) is 18.4 Å². The first-order valence-electron chi connectivity index (χ1n) is 11.9. The quantitative estimate of drug-likeness (QED) is 0.226. The average molecular weight is 547 g/mol. The third-order valence-corrected chi connectivity index (χ3v) is 6.57. The smallest absolute Gasteiger partial charge is 0.249 e.